The summed E-state index contributed by atoms with van der Waals surface area (Å²) in [4.78, 5) is 9.20. The maximum atomic E-state index is 5.40. The normalized spacial score (nSPS) is 15.8. The number of anilines is 1. The zero-order chi connectivity index (χ0) is 14.2. The summed E-state index contributed by atoms with van der Waals surface area (Å²) in [5, 5.41) is 4.36. The van der Waals surface area contributed by atoms with Crippen molar-refractivity contribution in [2.45, 2.75) is 6.92 Å². The maximum absolute atomic E-state index is 5.40. The van der Waals surface area contributed by atoms with Crippen LogP contribution in [-0.4, -0.2) is 40.9 Å². The van der Waals surface area contributed by atoms with Gasteiger partial charge in [-0.2, -0.15) is 5.10 Å². The molecule has 4 rings (SSSR count). The Bertz CT molecular complexity index is 773. The zero-order valence-electron chi connectivity index (χ0n) is 11.8. The number of rotatable bonds is 2. The second-order valence-corrected chi connectivity index (χ2v) is 6.21. The third-order valence-electron chi connectivity index (χ3n) is 3.73. The molecule has 0 saturated carbocycles. The number of thiazole rings is 1. The van der Waals surface area contributed by atoms with Crippen molar-refractivity contribution in [1.29, 1.82) is 0 Å². The van der Waals surface area contributed by atoms with E-state index in [0.717, 1.165) is 32.1 Å². The third-order valence-corrected chi connectivity index (χ3v) is 5.00. The summed E-state index contributed by atoms with van der Waals surface area (Å²) in [7, 11) is 0. The first-order valence-corrected chi connectivity index (χ1v) is 7.86. The fourth-order valence-corrected chi connectivity index (χ4v) is 3.58. The van der Waals surface area contributed by atoms with Crippen LogP contribution in [0.3, 0.4) is 0 Å². The number of nitrogens with zero attached hydrogens (tertiary/aromatic N) is 4. The molecule has 1 saturated heterocycles. The molecular formula is C15H16N4OS. The van der Waals surface area contributed by atoms with Crippen molar-refractivity contribution in [1.82, 2.24) is 14.6 Å². The van der Waals surface area contributed by atoms with Gasteiger partial charge in [0.15, 0.2) is 0 Å². The largest absolute Gasteiger partial charge is 0.378 e. The van der Waals surface area contributed by atoms with Crippen LogP contribution in [0.15, 0.2) is 30.7 Å². The Morgan fingerprint density at radius 3 is 2.95 bits per heavy atom. The van der Waals surface area contributed by atoms with Gasteiger partial charge >= 0.3 is 0 Å². The number of aromatic nitrogens is 3. The Hall–Kier alpha value is -1.92. The van der Waals surface area contributed by atoms with Gasteiger partial charge in [-0.1, -0.05) is 0 Å². The molecule has 1 aliphatic heterocycles. The molecule has 0 radical (unpaired) electrons. The summed E-state index contributed by atoms with van der Waals surface area (Å²) < 4.78 is 7.35. The van der Waals surface area contributed by atoms with Gasteiger partial charge in [-0.05, 0) is 24.6 Å². The van der Waals surface area contributed by atoms with Crippen molar-refractivity contribution >= 4 is 22.0 Å². The Labute approximate surface area is 126 Å². The van der Waals surface area contributed by atoms with E-state index < -0.39 is 0 Å². The van der Waals surface area contributed by atoms with Crippen molar-refractivity contribution in [3.63, 3.8) is 0 Å². The van der Waals surface area contributed by atoms with Crippen LogP contribution in [0.5, 0.6) is 0 Å². The van der Waals surface area contributed by atoms with Crippen LogP contribution in [0.2, 0.25) is 0 Å². The number of hydrogen-bond acceptors (Lipinski definition) is 5. The van der Waals surface area contributed by atoms with E-state index in [2.05, 4.69) is 40.2 Å². The molecular weight excluding hydrogens is 284 g/mol. The van der Waals surface area contributed by atoms with Crippen LogP contribution in [0.1, 0.15) is 5.56 Å². The first kappa shape index (κ1) is 12.8. The lowest BCUT2D eigenvalue weighted by molar-refractivity contribution is 0.122. The summed E-state index contributed by atoms with van der Waals surface area (Å²) >= 11 is 1.77. The SMILES string of the molecule is Cc1cnn2cc(-c3ccnc(N4CCOCC4)c3)sc12. The molecule has 0 aliphatic carbocycles. The van der Waals surface area contributed by atoms with Crippen molar-refractivity contribution in [2.24, 2.45) is 0 Å². The fraction of sp³-hybridized carbons (Fsp3) is 0.333. The maximum Gasteiger partial charge on any atom is 0.129 e. The molecule has 3 aromatic rings. The Morgan fingerprint density at radius 1 is 1.29 bits per heavy atom. The molecule has 0 amide bonds. The van der Waals surface area contributed by atoms with Gasteiger partial charge in [-0.25, -0.2) is 9.50 Å². The average Bonchev–Trinajstić information content (AvgIpc) is 3.11. The second-order valence-electron chi connectivity index (χ2n) is 5.17. The molecule has 0 spiro atoms. The molecule has 0 unspecified atom stereocenters. The minimum Gasteiger partial charge on any atom is -0.378 e. The molecule has 108 valence electrons. The van der Waals surface area contributed by atoms with E-state index in [1.54, 1.807) is 11.3 Å². The van der Waals surface area contributed by atoms with Gasteiger partial charge in [-0.3, -0.25) is 0 Å². The predicted molar refractivity (Wildman–Crippen MR) is 84.1 cm³/mol. The van der Waals surface area contributed by atoms with Gasteiger partial charge in [0.2, 0.25) is 0 Å². The van der Waals surface area contributed by atoms with Gasteiger partial charge in [0.1, 0.15) is 10.6 Å². The van der Waals surface area contributed by atoms with Gasteiger partial charge in [0, 0.05) is 31.0 Å². The fourth-order valence-electron chi connectivity index (χ4n) is 2.57. The molecule has 0 aromatic carbocycles. The summed E-state index contributed by atoms with van der Waals surface area (Å²) in [6.07, 6.45) is 5.88. The zero-order valence-corrected chi connectivity index (χ0v) is 12.6. The number of pyridine rings is 1. The summed E-state index contributed by atoms with van der Waals surface area (Å²) in [5.41, 5.74) is 2.41. The van der Waals surface area contributed by atoms with Crippen molar-refractivity contribution in [3.05, 3.63) is 36.3 Å². The topological polar surface area (TPSA) is 42.7 Å². The van der Waals surface area contributed by atoms with Crippen LogP contribution in [0, 0.1) is 6.92 Å². The van der Waals surface area contributed by atoms with Crippen molar-refractivity contribution in [3.8, 4) is 10.4 Å². The van der Waals surface area contributed by atoms with Crippen LogP contribution < -0.4 is 4.90 Å². The summed E-state index contributed by atoms with van der Waals surface area (Å²) in [5.74, 6) is 1.03. The Kier molecular flexibility index (Phi) is 3.12. The van der Waals surface area contributed by atoms with E-state index >= 15 is 0 Å². The minimum absolute atomic E-state index is 0.776. The van der Waals surface area contributed by atoms with Crippen LogP contribution in [-0.2, 0) is 4.74 Å². The highest BCUT2D eigenvalue weighted by Crippen LogP contribution is 2.31. The van der Waals surface area contributed by atoms with Crippen LogP contribution in [0.4, 0.5) is 5.82 Å². The Balaban J connectivity index is 1.70. The molecule has 6 heteroatoms. The Morgan fingerprint density at radius 2 is 2.14 bits per heavy atom. The van der Waals surface area contributed by atoms with E-state index in [4.69, 9.17) is 4.74 Å². The lowest BCUT2D eigenvalue weighted by atomic mass is 10.2. The van der Waals surface area contributed by atoms with E-state index in [9.17, 15) is 0 Å². The van der Waals surface area contributed by atoms with E-state index in [0.29, 0.717) is 0 Å². The average molecular weight is 300 g/mol. The van der Waals surface area contributed by atoms with Crippen molar-refractivity contribution in [2.75, 3.05) is 31.2 Å². The monoisotopic (exact) mass is 300 g/mol. The van der Waals surface area contributed by atoms with Gasteiger partial charge in [-0.15, -0.1) is 11.3 Å². The van der Waals surface area contributed by atoms with Crippen LogP contribution >= 0.6 is 11.3 Å². The minimum atomic E-state index is 0.776. The van der Waals surface area contributed by atoms with Crippen LogP contribution in [0.25, 0.3) is 15.3 Å². The van der Waals surface area contributed by atoms with E-state index in [1.807, 2.05) is 16.9 Å². The van der Waals surface area contributed by atoms with E-state index in [1.165, 1.54) is 20.8 Å². The highest BCUT2D eigenvalue weighted by atomic mass is 32.1. The molecule has 4 heterocycles. The molecule has 1 fully saturated rings. The molecule has 1 aliphatic rings. The summed E-state index contributed by atoms with van der Waals surface area (Å²) in [6.45, 7) is 5.46. The lowest BCUT2D eigenvalue weighted by Crippen LogP contribution is -2.36. The quantitative estimate of drug-likeness (QED) is 0.729. The number of hydrogen-bond donors (Lipinski definition) is 0. The summed E-state index contributed by atoms with van der Waals surface area (Å²) in [6, 6.07) is 4.22. The molecule has 3 aromatic heterocycles. The standard InChI is InChI=1S/C15H16N4OS/c1-11-9-17-19-10-13(21-15(11)19)12-2-3-16-14(8-12)18-4-6-20-7-5-18/h2-3,8-10H,4-7H2,1H3. The smallest absolute Gasteiger partial charge is 0.129 e. The third kappa shape index (κ3) is 2.30. The van der Waals surface area contributed by atoms with Gasteiger partial charge < -0.3 is 9.64 Å². The van der Waals surface area contributed by atoms with E-state index in [-0.39, 0.29) is 0 Å². The molecule has 0 N–H and O–H groups in total. The second kappa shape index (κ2) is 5.13. The lowest BCUT2D eigenvalue weighted by Gasteiger charge is -2.27. The highest BCUT2D eigenvalue weighted by Gasteiger charge is 2.14. The van der Waals surface area contributed by atoms with Gasteiger partial charge in [0.25, 0.3) is 0 Å². The molecule has 0 atom stereocenters. The molecule has 5 nitrogen and oxygen atoms in total. The number of ether oxygens (including phenoxy) is 1. The highest BCUT2D eigenvalue weighted by molar-refractivity contribution is 7.20. The molecule has 0 bridgehead atoms. The number of aryl methyl sites for hydroxylation is 1. The number of morpholine rings is 1. The number of fused-ring (bicyclic) bond motifs is 1. The van der Waals surface area contributed by atoms with Crippen molar-refractivity contribution < 1.29 is 4.74 Å². The predicted octanol–water partition coefficient (Wildman–Crippen LogP) is 2.60. The first-order valence-electron chi connectivity index (χ1n) is 7.04. The first-order chi connectivity index (χ1) is 10.3. The van der Waals surface area contributed by atoms with Gasteiger partial charge in [0.05, 0.1) is 24.3 Å². The molecule has 21 heavy (non-hydrogen) atoms.